The maximum atomic E-state index is 11.5. The Bertz CT molecular complexity index is 515. The number of aromatic amines is 1. The fourth-order valence-corrected chi connectivity index (χ4v) is 3.05. The number of aliphatic carboxylic acids is 1. The molecule has 22 heavy (non-hydrogen) atoms. The number of carbonyl (C=O) groups excluding carboxylic acids is 1. The summed E-state index contributed by atoms with van der Waals surface area (Å²) < 4.78 is 5.76. The van der Waals surface area contributed by atoms with Crippen LogP contribution in [0.1, 0.15) is 45.2 Å². The molecule has 0 spiro atoms. The number of carboxylic acids is 1. The zero-order valence-corrected chi connectivity index (χ0v) is 13.1. The highest BCUT2D eigenvalue weighted by Gasteiger charge is 2.44. The molecule has 2 heterocycles. The second kappa shape index (κ2) is 6.91. The number of ether oxygens (including phenoxy) is 1. The summed E-state index contributed by atoms with van der Waals surface area (Å²) >= 11 is 0. The summed E-state index contributed by atoms with van der Waals surface area (Å²) in [7, 11) is 0. The average molecular weight is 309 g/mol. The molecule has 7 heteroatoms. The zero-order chi connectivity index (χ0) is 16.3. The molecule has 0 aromatic carbocycles. The SMILES string of the molecule is CC(=O)N[C@@H](CC(C)C)[C@@H]1O[C@@H](C(=O)O)C[C@H]1c1c[nH]cn1. The third-order valence-electron chi connectivity index (χ3n) is 3.87. The minimum Gasteiger partial charge on any atom is -0.479 e. The Hall–Kier alpha value is -1.89. The monoisotopic (exact) mass is 309 g/mol. The standard InChI is InChI=1S/C15H23N3O4/c1-8(2)4-11(18-9(3)19)14-10(12-6-16-7-17-12)5-13(22-14)15(20)21/h6-8,10-11,13-14H,4-5H2,1-3H3,(H,16,17)(H,18,19)(H,20,21)/t10-,11-,13+,14+/m0/s1. The van der Waals surface area contributed by atoms with Crippen LogP contribution < -0.4 is 5.32 Å². The van der Waals surface area contributed by atoms with E-state index in [-0.39, 0.29) is 17.9 Å². The van der Waals surface area contributed by atoms with Crippen LogP contribution >= 0.6 is 0 Å². The molecule has 0 unspecified atom stereocenters. The molecule has 1 fully saturated rings. The molecule has 7 nitrogen and oxygen atoms in total. The smallest absolute Gasteiger partial charge is 0.332 e. The number of hydrogen-bond donors (Lipinski definition) is 3. The summed E-state index contributed by atoms with van der Waals surface area (Å²) in [5.41, 5.74) is 0.771. The summed E-state index contributed by atoms with van der Waals surface area (Å²) in [5.74, 6) is -0.921. The highest BCUT2D eigenvalue weighted by molar-refractivity contribution is 5.74. The van der Waals surface area contributed by atoms with Crippen LogP contribution in [0.4, 0.5) is 0 Å². The van der Waals surface area contributed by atoms with Crippen molar-refractivity contribution in [2.45, 2.75) is 57.8 Å². The van der Waals surface area contributed by atoms with Gasteiger partial charge in [-0.2, -0.15) is 0 Å². The lowest BCUT2D eigenvalue weighted by Crippen LogP contribution is -2.45. The first-order valence-electron chi connectivity index (χ1n) is 7.52. The molecule has 1 aliphatic heterocycles. The number of rotatable bonds is 6. The van der Waals surface area contributed by atoms with Gasteiger partial charge in [-0.25, -0.2) is 9.78 Å². The minimum absolute atomic E-state index is 0.145. The summed E-state index contributed by atoms with van der Waals surface area (Å²) in [4.78, 5) is 29.9. The summed E-state index contributed by atoms with van der Waals surface area (Å²) in [6, 6.07) is -0.233. The fraction of sp³-hybridized carbons (Fsp3) is 0.667. The first-order chi connectivity index (χ1) is 10.4. The van der Waals surface area contributed by atoms with Crippen LogP contribution in [-0.2, 0) is 14.3 Å². The van der Waals surface area contributed by atoms with E-state index < -0.39 is 18.2 Å². The topological polar surface area (TPSA) is 104 Å². The van der Waals surface area contributed by atoms with E-state index in [9.17, 15) is 14.7 Å². The molecule has 4 atom stereocenters. The lowest BCUT2D eigenvalue weighted by Gasteiger charge is -2.29. The van der Waals surface area contributed by atoms with Crippen molar-refractivity contribution in [2.75, 3.05) is 0 Å². The van der Waals surface area contributed by atoms with E-state index >= 15 is 0 Å². The van der Waals surface area contributed by atoms with Gasteiger partial charge < -0.3 is 20.1 Å². The van der Waals surface area contributed by atoms with Crippen LogP contribution in [0, 0.1) is 5.92 Å². The fourth-order valence-electron chi connectivity index (χ4n) is 3.05. The van der Waals surface area contributed by atoms with E-state index in [0.29, 0.717) is 12.3 Å². The van der Waals surface area contributed by atoms with Gasteiger partial charge in [-0.15, -0.1) is 0 Å². The van der Waals surface area contributed by atoms with E-state index in [1.54, 1.807) is 12.5 Å². The third-order valence-corrected chi connectivity index (χ3v) is 3.87. The molecular weight excluding hydrogens is 286 g/mol. The average Bonchev–Trinajstić information content (AvgIpc) is 3.06. The number of imidazole rings is 1. The number of carbonyl (C=O) groups is 2. The van der Waals surface area contributed by atoms with Gasteiger partial charge in [0.05, 0.1) is 24.2 Å². The van der Waals surface area contributed by atoms with Gasteiger partial charge in [0, 0.05) is 19.0 Å². The Labute approximate surface area is 129 Å². The van der Waals surface area contributed by atoms with Crippen molar-refractivity contribution in [1.82, 2.24) is 15.3 Å². The molecule has 0 bridgehead atoms. The number of nitrogens with one attached hydrogen (secondary N) is 2. The van der Waals surface area contributed by atoms with Gasteiger partial charge in [-0.1, -0.05) is 13.8 Å². The lowest BCUT2D eigenvalue weighted by atomic mass is 9.88. The Morgan fingerprint density at radius 2 is 2.27 bits per heavy atom. The Balaban J connectivity index is 2.25. The number of nitrogens with zero attached hydrogens (tertiary/aromatic N) is 1. The number of aromatic nitrogens is 2. The molecule has 1 saturated heterocycles. The van der Waals surface area contributed by atoms with Gasteiger partial charge in [0.1, 0.15) is 0 Å². The molecule has 0 radical (unpaired) electrons. The molecule has 3 N–H and O–H groups in total. The van der Waals surface area contributed by atoms with E-state index in [1.807, 2.05) is 0 Å². The van der Waals surface area contributed by atoms with Gasteiger partial charge in [-0.05, 0) is 18.8 Å². The van der Waals surface area contributed by atoms with Crippen molar-refractivity contribution < 1.29 is 19.4 Å². The maximum Gasteiger partial charge on any atom is 0.332 e. The van der Waals surface area contributed by atoms with E-state index in [4.69, 9.17) is 4.74 Å². The van der Waals surface area contributed by atoms with Gasteiger partial charge in [0.25, 0.3) is 0 Å². The van der Waals surface area contributed by atoms with Crippen molar-refractivity contribution in [3.8, 4) is 0 Å². The second-order valence-corrected chi connectivity index (χ2v) is 6.20. The van der Waals surface area contributed by atoms with Crippen molar-refractivity contribution in [2.24, 2.45) is 5.92 Å². The molecule has 1 aliphatic rings. The molecule has 2 rings (SSSR count). The first kappa shape index (κ1) is 16.5. The summed E-state index contributed by atoms with van der Waals surface area (Å²) in [6.07, 6.45) is 3.14. The van der Waals surface area contributed by atoms with Crippen LogP contribution in [0.15, 0.2) is 12.5 Å². The quantitative estimate of drug-likeness (QED) is 0.734. The van der Waals surface area contributed by atoms with Gasteiger partial charge in [-0.3, -0.25) is 4.79 Å². The molecular formula is C15H23N3O4. The third kappa shape index (κ3) is 3.85. The van der Waals surface area contributed by atoms with Crippen molar-refractivity contribution in [1.29, 1.82) is 0 Å². The molecule has 0 aliphatic carbocycles. The zero-order valence-electron chi connectivity index (χ0n) is 13.1. The second-order valence-electron chi connectivity index (χ2n) is 6.20. The first-order valence-corrected chi connectivity index (χ1v) is 7.52. The minimum atomic E-state index is -0.978. The normalized spacial score (nSPS) is 26.1. The maximum absolute atomic E-state index is 11.5. The van der Waals surface area contributed by atoms with Gasteiger partial charge in [0.15, 0.2) is 6.10 Å². The summed E-state index contributed by atoms with van der Waals surface area (Å²) in [5, 5.41) is 12.2. The van der Waals surface area contributed by atoms with Gasteiger partial charge in [0.2, 0.25) is 5.91 Å². The Kier molecular flexibility index (Phi) is 5.18. The predicted molar refractivity (Wildman–Crippen MR) is 79.3 cm³/mol. The van der Waals surface area contributed by atoms with Crippen LogP contribution in [0.3, 0.4) is 0 Å². The van der Waals surface area contributed by atoms with E-state index in [0.717, 1.165) is 12.1 Å². The number of hydrogen-bond acceptors (Lipinski definition) is 4. The number of carboxylic acid groups (broad SMARTS) is 1. The Morgan fingerprint density at radius 3 is 2.77 bits per heavy atom. The van der Waals surface area contributed by atoms with E-state index in [2.05, 4.69) is 29.1 Å². The molecule has 1 aromatic rings. The largest absolute Gasteiger partial charge is 0.479 e. The Morgan fingerprint density at radius 1 is 1.55 bits per heavy atom. The van der Waals surface area contributed by atoms with Crippen molar-refractivity contribution in [3.63, 3.8) is 0 Å². The molecule has 1 amide bonds. The van der Waals surface area contributed by atoms with Crippen LogP contribution in [0.5, 0.6) is 0 Å². The number of amides is 1. The molecule has 1 aromatic heterocycles. The van der Waals surface area contributed by atoms with Crippen molar-refractivity contribution in [3.05, 3.63) is 18.2 Å². The van der Waals surface area contributed by atoms with E-state index in [1.165, 1.54) is 6.92 Å². The van der Waals surface area contributed by atoms with Crippen molar-refractivity contribution >= 4 is 11.9 Å². The highest BCUT2D eigenvalue weighted by Crippen LogP contribution is 2.37. The number of H-pyrrole nitrogens is 1. The lowest BCUT2D eigenvalue weighted by molar-refractivity contribution is -0.150. The summed E-state index contributed by atoms with van der Waals surface area (Å²) in [6.45, 7) is 5.57. The highest BCUT2D eigenvalue weighted by atomic mass is 16.5. The molecule has 0 saturated carbocycles. The van der Waals surface area contributed by atoms with Gasteiger partial charge >= 0.3 is 5.97 Å². The van der Waals surface area contributed by atoms with Crippen LogP contribution in [0.2, 0.25) is 0 Å². The van der Waals surface area contributed by atoms with Crippen LogP contribution in [-0.4, -0.2) is 45.2 Å². The van der Waals surface area contributed by atoms with Crippen LogP contribution in [0.25, 0.3) is 0 Å². The predicted octanol–water partition coefficient (Wildman–Crippen LogP) is 1.29. The molecule has 122 valence electrons.